The Bertz CT molecular complexity index is 756. The van der Waals surface area contributed by atoms with Gasteiger partial charge in [0.05, 0.1) is 0 Å². The highest BCUT2D eigenvalue weighted by atomic mass is 16.2. The Kier molecular flexibility index (Phi) is 5.07. The Morgan fingerprint density at radius 1 is 0.793 bits per heavy atom. The number of carbonyl (C=O) groups excluding carboxylic acids is 1. The highest BCUT2D eigenvalue weighted by molar-refractivity contribution is 5.74. The molecule has 0 spiro atoms. The van der Waals surface area contributed by atoms with Crippen LogP contribution in [-0.2, 0) is 13.1 Å². The van der Waals surface area contributed by atoms with Crippen LogP contribution in [0.25, 0.3) is 0 Å². The largest absolute Gasteiger partial charge is 0.337 e. The van der Waals surface area contributed by atoms with Crippen LogP contribution in [0.2, 0.25) is 0 Å². The molecule has 0 heterocycles. The second-order valence-electron chi connectivity index (χ2n) is 9.90. The SMILES string of the molecule is O=C(NCC12CC3CC(CC(C3)C1)C2)N(Cc1ccccc1)Cc1ccccc1. The molecular formula is C26H32N2O. The lowest BCUT2D eigenvalue weighted by molar-refractivity contribution is -0.0503. The zero-order chi connectivity index (χ0) is 19.7. The molecule has 4 bridgehead atoms. The van der Waals surface area contributed by atoms with Crippen LogP contribution in [-0.4, -0.2) is 17.5 Å². The van der Waals surface area contributed by atoms with E-state index in [-0.39, 0.29) is 6.03 Å². The Hall–Kier alpha value is -2.29. The van der Waals surface area contributed by atoms with Gasteiger partial charge in [-0.1, -0.05) is 60.7 Å². The molecule has 0 atom stereocenters. The Balaban J connectivity index is 1.27. The number of nitrogens with one attached hydrogen (secondary N) is 1. The van der Waals surface area contributed by atoms with Gasteiger partial charge >= 0.3 is 6.03 Å². The van der Waals surface area contributed by atoms with Gasteiger partial charge in [-0.15, -0.1) is 0 Å². The van der Waals surface area contributed by atoms with Crippen molar-refractivity contribution in [2.24, 2.45) is 23.2 Å². The van der Waals surface area contributed by atoms with E-state index in [1.807, 2.05) is 41.3 Å². The van der Waals surface area contributed by atoms with Gasteiger partial charge in [0.1, 0.15) is 0 Å². The third-order valence-corrected chi connectivity index (χ3v) is 7.50. The zero-order valence-electron chi connectivity index (χ0n) is 17.2. The van der Waals surface area contributed by atoms with Crippen LogP contribution in [0.5, 0.6) is 0 Å². The van der Waals surface area contributed by atoms with Crippen LogP contribution in [0.3, 0.4) is 0 Å². The molecule has 4 aliphatic carbocycles. The molecule has 152 valence electrons. The van der Waals surface area contributed by atoms with E-state index in [0.717, 1.165) is 24.3 Å². The first-order valence-corrected chi connectivity index (χ1v) is 11.3. The fourth-order valence-corrected chi connectivity index (χ4v) is 6.69. The van der Waals surface area contributed by atoms with Crippen molar-refractivity contribution in [1.82, 2.24) is 10.2 Å². The molecule has 4 saturated carbocycles. The minimum Gasteiger partial charge on any atom is -0.337 e. The summed E-state index contributed by atoms with van der Waals surface area (Å²) < 4.78 is 0. The number of hydrogen-bond donors (Lipinski definition) is 1. The summed E-state index contributed by atoms with van der Waals surface area (Å²) in [4.78, 5) is 15.2. The van der Waals surface area contributed by atoms with Crippen molar-refractivity contribution in [1.29, 1.82) is 0 Å². The highest BCUT2D eigenvalue weighted by Gasteiger charge is 2.50. The molecule has 3 heteroatoms. The smallest absolute Gasteiger partial charge is 0.318 e. The summed E-state index contributed by atoms with van der Waals surface area (Å²) in [6, 6.07) is 20.7. The summed E-state index contributed by atoms with van der Waals surface area (Å²) in [6.07, 6.45) is 8.33. The highest BCUT2D eigenvalue weighted by Crippen LogP contribution is 2.59. The molecule has 2 amide bonds. The minimum atomic E-state index is 0.0773. The normalized spacial score (nSPS) is 29.6. The van der Waals surface area contributed by atoms with E-state index in [1.165, 1.54) is 49.7 Å². The number of carbonyl (C=O) groups is 1. The number of rotatable bonds is 6. The van der Waals surface area contributed by atoms with Crippen molar-refractivity contribution in [3.8, 4) is 0 Å². The van der Waals surface area contributed by atoms with Crippen LogP contribution in [0.4, 0.5) is 4.79 Å². The first kappa shape index (κ1) is 18.7. The number of urea groups is 1. The van der Waals surface area contributed by atoms with Gasteiger partial charge in [-0.3, -0.25) is 0 Å². The minimum absolute atomic E-state index is 0.0773. The lowest BCUT2D eigenvalue weighted by Gasteiger charge is -2.57. The van der Waals surface area contributed by atoms with E-state index in [4.69, 9.17) is 0 Å². The van der Waals surface area contributed by atoms with Crippen molar-refractivity contribution >= 4 is 6.03 Å². The van der Waals surface area contributed by atoms with Gasteiger partial charge in [-0.05, 0) is 72.8 Å². The number of nitrogens with zero attached hydrogens (tertiary/aromatic N) is 1. The quantitative estimate of drug-likeness (QED) is 0.685. The second kappa shape index (κ2) is 7.85. The predicted octanol–water partition coefficient (Wildman–Crippen LogP) is 5.61. The van der Waals surface area contributed by atoms with Gasteiger partial charge in [-0.2, -0.15) is 0 Å². The molecule has 2 aromatic carbocycles. The number of amides is 2. The molecule has 3 nitrogen and oxygen atoms in total. The Labute approximate surface area is 174 Å². The number of benzene rings is 2. The molecule has 1 N–H and O–H groups in total. The monoisotopic (exact) mass is 388 g/mol. The molecule has 0 aromatic heterocycles. The summed E-state index contributed by atoms with van der Waals surface area (Å²) in [5, 5.41) is 3.37. The molecule has 29 heavy (non-hydrogen) atoms. The average molecular weight is 389 g/mol. The van der Waals surface area contributed by atoms with Crippen molar-refractivity contribution in [3.63, 3.8) is 0 Å². The van der Waals surface area contributed by atoms with E-state index in [9.17, 15) is 4.79 Å². The van der Waals surface area contributed by atoms with Crippen molar-refractivity contribution in [3.05, 3.63) is 71.8 Å². The maximum atomic E-state index is 13.3. The zero-order valence-corrected chi connectivity index (χ0v) is 17.2. The van der Waals surface area contributed by atoms with Crippen LogP contribution < -0.4 is 5.32 Å². The third kappa shape index (κ3) is 4.19. The molecule has 2 aromatic rings. The van der Waals surface area contributed by atoms with Crippen LogP contribution in [0.1, 0.15) is 49.7 Å². The van der Waals surface area contributed by atoms with E-state index in [2.05, 4.69) is 29.6 Å². The molecule has 0 aliphatic heterocycles. The summed E-state index contributed by atoms with van der Waals surface area (Å²) in [7, 11) is 0. The van der Waals surface area contributed by atoms with Gasteiger partial charge in [0.25, 0.3) is 0 Å². The van der Waals surface area contributed by atoms with E-state index in [0.29, 0.717) is 18.5 Å². The first-order valence-electron chi connectivity index (χ1n) is 11.3. The molecular weight excluding hydrogens is 356 g/mol. The fourth-order valence-electron chi connectivity index (χ4n) is 6.69. The molecule has 4 aliphatic rings. The summed E-state index contributed by atoms with van der Waals surface area (Å²) >= 11 is 0. The Morgan fingerprint density at radius 2 is 1.24 bits per heavy atom. The molecule has 0 unspecified atom stereocenters. The lowest BCUT2D eigenvalue weighted by atomic mass is 9.49. The molecule has 6 rings (SSSR count). The van der Waals surface area contributed by atoms with Crippen molar-refractivity contribution in [2.75, 3.05) is 6.54 Å². The van der Waals surface area contributed by atoms with Crippen molar-refractivity contribution in [2.45, 2.75) is 51.6 Å². The van der Waals surface area contributed by atoms with Crippen LogP contribution in [0, 0.1) is 23.2 Å². The van der Waals surface area contributed by atoms with E-state index < -0.39 is 0 Å². The number of hydrogen-bond acceptors (Lipinski definition) is 1. The Morgan fingerprint density at radius 3 is 1.69 bits per heavy atom. The molecule has 0 saturated heterocycles. The lowest BCUT2D eigenvalue weighted by Crippen LogP contribution is -2.52. The summed E-state index contributed by atoms with van der Waals surface area (Å²) in [5.41, 5.74) is 2.72. The summed E-state index contributed by atoms with van der Waals surface area (Å²) in [6.45, 7) is 2.14. The topological polar surface area (TPSA) is 32.3 Å². The third-order valence-electron chi connectivity index (χ3n) is 7.50. The fraction of sp³-hybridized carbons (Fsp3) is 0.500. The maximum absolute atomic E-state index is 13.3. The van der Waals surface area contributed by atoms with Gasteiger partial charge in [0.15, 0.2) is 0 Å². The molecule has 0 radical (unpaired) electrons. The van der Waals surface area contributed by atoms with Crippen LogP contribution in [0.15, 0.2) is 60.7 Å². The van der Waals surface area contributed by atoms with Gasteiger partial charge in [0.2, 0.25) is 0 Å². The first-order chi connectivity index (χ1) is 14.2. The van der Waals surface area contributed by atoms with Gasteiger partial charge in [0, 0.05) is 19.6 Å². The van der Waals surface area contributed by atoms with E-state index >= 15 is 0 Å². The van der Waals surface area contributed by atoms with Crippen molar-refractivity contribution < 1.29 is 4.79 Å². The standard InChI is InChI=1S/C26H32N2O/c29-25(27-19-26-14-22-11-23(15-26)13-24(12-22)16-26)28(17-20-7-3-1-4-8-20)18-21-9-5-2-6-10-21/h1-10,22-24H,11-19H2,(H,27,29). The second-order valence-corrected chi connectivity index (χ2v) is 9.90. The van der Waals surface area contributed by atoms with Crippen LogP contribution >= 0.6 is 0 Å². The molecule has 4 fully saturated rings. The summed E-state index contributed by atoms with van der Waals surface area (Å²) in [5.74, 6) is 2.76. The maximum Gasteiger partial charge on any atom is 0.318 e. The predicted molar refractivity (Wildman–Crippen MR) is 116 cm³/mol. The average Bonchev–Trinajstić information content (AvgIpc) is 2.72. The van der Waals surface area contributed by atoms with Gasteiger partial charge < -0.3 is 10.2 Å². The van der Waals surface area contributed by atoms with E-state index in [1.54, 1.807) is 0 Å². The van der Waals surface area contributed by atoms with Gasteiger partial charge in [-0.25, -0.2) is 4.79 Å².